The maximum Gasteiger partial charge on any atom is 0.124 e. The summed E-state index contributed by atoms with van der Waals surface area (Å²) in [6, 6.07) is 0. The first kappa shape index (κ1) is 9.68. The van der Waals surface area contributed by atoms with Crippen molar-refractivity contribution in [3.8, 4) is 0 Å². The Morgan fingerprint density at radius 2 is 2.43 bits per heavy atom. The number of nitrogens with zero attached hydrogens (tertiary/aromatic N) is 1. The fourth-order valence-electron chi connectivity index (χ4n) is 1.92. The van der Waals surface area contributed by atoms with E-state index in [1.807, 2.05) is 0 Å². The third-order valence-corrected chi connectivity index (χ3v) is 3.76. The van der Waals surface area contributed by atoms with Crippen molar-refractivity contribution >= 4 is 22.6 Å². The van der Waals surface area contributed by atoms with Crippen molar-refractivity contribution in [3.05, 3.63) is 16.0 Å². The molecule has 0 atom stereocenters. The normalized spacial score (nSPS) is 16.6. The summed E-state index contributed by atoms with van der Waals surface area (Å²) in [7, 11) is 2.11. The van der Waals surface area contributed by atoms with Crippen LogP contribution in [-0.2, 0) is 24.2 Å². The van der Waals surface area contributed by atoms with Gasteiger partial charge in [0.25, 0.3) is 0 Å². The van der Waals surface area contributed by atoms with Crippen molar-refractivity contribution in [2.75, 3.05) is 19.3 Å². The smallest absolute Gasteiger partial charge is 0.124 e. The number of carbonyl (C=O) groups excluding carboxylic acids is 1. The van der Waals surface area contributed by atoms with E-state index in [1.54, 1.807) is 11.3 Å². The molecule has 0 aliphatic carbocycles. The zero-order valence-electron chi connectivity index (χ0n) is 8.25. The first-order valence-electron chi connectivity index (χ1n) is 4.73. The Bertz CT molecular complexity index is 359. The van der Waals surface area contributed by atoms with Gasteiger partial charge in [-0.1, -0.05) is 0 Å². The predicted octanol–water partition coefficient (Wildman–Crippen LogP) is 1.06. The van der Waals surface area contributed by atoms with Crippen molar-refractivity contribution in [2.24, 2.45) is 0 Å². The van der Waals surface area contributed by atoms with Crippen LogP contribution in [0.5, 0.6) is 0 Å². The lowest BCUT2D eigenvalue weighted by molar-refractivity contribution is -0.107. The third-order valence-electron chi connectivity index (χ3n) is 2.68. The molecular formula is C10H14N2OS. The van der Waals surface area contributed by atoms with E-state index in [0.717, 1.165) is 36.4 Å². The van der Waals surface area contributed by atoms with Crippen molar-refractivity contribution in [1.82, 2.24) is 4.90 Å². The average Bonchev–Trinajstić information content (AvgIpc) is 2.43. The zero-order valence-corrected chi connectivity index (χ0v) is 9.06. The summed E-state index contributed by atoms with van der Waals surface area (Å²) in [6.45, 7) is 2.04. The molecule has 4 heteroatoms. The van der Waals surface area contributed by atoms with Gasteiger partial charge in [-0.3, -0.25) is 0 Å². The van der Waals surface area contributed by atoms with Gasteiger partial charge in [0.05, 0.1) is 5.00 Å². The molecule has 1 aliphatic rings. The van der Waals surface area contributed by atoms with Gasteiger partial charge in [0.1, 0.15) is 6.29 Å². The Balaban J connectivity index is 2.38. The Labute approximate surface area is 87.5 Å². The summed E-state index contributed by atoms with van der Waals surface area (Å²) >= 11 is 1.64. The Morgan fingerprint density at radius 3 is 3.14 bits per heavy atom. The van der Waals surface area contributed by atoms with Gasteiger partial charge in [-0.15, -0.1) is 11.3 Å². The number of thiophene rings is 1. The number of carbonyl (C=O) groups is 1. The number of rotatable bonds is 2. The number of fused-ring (bicyclic) bond motifs is 1. The van der Waals surface area contributed by atoms with E-state index < -0.39 is 0 Å². The fourth-order valence-corrected chi connectivity index (χ4v) is 3.15. The van der Waals surface area contributed by atoms with Crippen molar-refractivity contribution in [1.29, 1.82) is 0 Å². The van der Waals surface area contributed by atoms with Crippen LogP contribution in [0.25, 0.3) is 0 Å². The molecule has 2 N–H and O–H groups in total. The van der Waals surface area contributed by atoms with E-state index in [-0.39, 0.29) is 0 Å². The van der Waals surface area contributed by atoms with Crippen LogP contribution in [0, 0.1) is 0 Å². The molecule has 1 aromatic heterocycles. The molecule has 0 amide bonds. The summed E-state index contributed by atoms with van der Waals surface area (Å²) in [4.78, 5) is 14.1. The molecule has 0 radical (unpaired) electrons. The van der Waals surface area contributed by atoms with Crippen LogP contribution in [0.2, 0.25) is 0 Å². The highest BCUT2D eigenvalue weighted by molar-refractivity contribution is 7.16. The highest BCUT2D eigenvalue weighted by Crippen LogP contribution is 2.34. The zero-order chi connectivity index (χ0) is 10.1. The number of nitrogens with two attached hydrogens (primary N) is 1. The topological polar surface area (TPSA) is 46.3 Å². The van der Waals surface area contributed by atoms with Gasteiger partial charge in [-0.05, 0) is 24.6 Å². The second-order valence-electron chi connectivity index (χ2n) is 3.71. The van der Waals surface area contributed by atoms with Gasteiger partial charge in [0, 0.05) is 24.4 Å². The molecule has 0 saturated heterocycles. The Morgan fingerprint density at radius 1 is 1.64 bits per heavy atom. The van der Waals surface area contributed by atoms with E-state index >= 15 is 0 Å². The predicted molar refractivity (Wildman–Crippen MR) is 58.5 cm³/mol. The average molecular weight is 210 g/mol. The molecule has 1 aliphatic heterocycles. The molecule has 0 fully saturated rings. The fraction of sp³-hybridized carbons (Fsp3) is 0.500. The van der Waals surface area contributed by atoms with Gasteiger partial charge in [0.15, 0.2) is 0 Å². The molecule has 2 rings (SSSR count). The van der Waals surface area contributed by atoms with E-state index in [9.17, 15) is 4.79 Å². The van der Waals surface area contributed by atoms with Crippen LogP contribution < -0.4 is 5.73 Å². The number of likely N-dealkylation sites (N-methyl/N-ethyl adjacent to an activating group) is 1. The monoisotopic (exact) mass is 210 g/mol. The quantitative estimate of drug-likeness (QED) is 0.742. The Hall–Kier alpha value is -0.870. The lowest BCUT2D eigenvalue weighted by Crippen LogP contribution is -2.25. The molecule has 3 nitrogen and oxygen atoms in total. The molecule has 0 unspecified atom stereocenters. The largest absolute Gasteiger partial charge is 0.390 e. The van der Waals surface area contributed by atoms with Gasteiger partial charge in [-0.25, -0.2) is 0 Å². The molecular weight excluding hydrogens is 196 g/mol. The molecule has 0 saturated carbocycles. The third kappa shape index (κ3) is 1.55. The molecule has 76 valence electrons. The summed E-state index contributed by atoms with van der Waals surface area (Å²) in [5.74, 6) is 0. The number of hydrogen-bond donors (Lipinski definition) is 1. The van der Waals surface area contributed by atoms with Crippen LogP contribution >= 0.6 is 11.3 Å². The molecule has 0 spiro atoms. The van der Waals surface area contributed by atoms with Crippen LogP contribution in [0.15, 0.2) is 0 Å². The van der Waals surface area contributed by atoms with E-state index in [1.165, 1.54) is 10.4 Å². The molecule has 2 heterocycles. The van der Waals surface area contributed by atoms with E-state index in [0.29, 0.717) is 6.42 Å². The summed E-state index contributed by atoms with van der Waals surface area (Å²) in [5.41, 5.74) is 8.30. The molecule has 0 aromatic carbocycles. The standard InChI is InChI=1S/C10H14N2OS/c1-12-4-2-7-8(3-5-13)10(11)14-9(7)6-12/h5H,2-4,6,11H2,1H3. The highest BCUT2D eigenvalue weighted by atomic mass is 32.1. The maximum absolute atomic E-state index is 10.5. The van der Waals surface area contributed by atoms with E-state index in [2.05, 4.69) is 11.9 Å². The first-order chi connectivity index (χ1) is 6.72. The Kier molecular flexibility index (Phi) is 2.56. The summed E-state index contributed by atoms with van der Waals surface area (Å²) in [6.07, 6.45) is 2.45. The second-order valence-corrected chi connectivity index (χ2v) is 4.84. The molecule has 1 aromatic rings. The SMILES string of the molecule is CN1CCc2c(sc(N)c2CC=O)C1. The van der Waals surface area contributed by atoms with Gasteiger partial charge < -0.3 is 15.4 Å². The first-order valence-corrected chi connectivity index (χ1v) is 5.55. The summed E-state index contributed by atoms with van der Waals surface area (Å²) in [5, 5.41) is 0.831. The van der Waals surface area contributed by atoms with Crippen molar-refractivity contribution in [3.63, 3.8) is 0 Å². The van der Waals surface area contributed by atoms with Gasteiger partial charge >= 0.3 is 0 Å². The molecule has 0 bridgehead atoms. The van der Waals surface area contributed by atoms with Gasteiger partial charge in [-0.2, -0.15) is 0 Å². The van der Waals surface area contributed by atoms with Crippen LogP contribution in [0.1, 0.15) is 16.0 Å². The number of anilines is 1. The minimum atomic E-state index is 0.474. The van der Waals surface area contributed by atoms with E-state index in [4.69, 9.17) is 5.73 Å². The van der Waals surface area contributed by atoms with Gasteiger partial charge in [0.2, 0.25) is 0 Å². The maximum atomic E-state index is 10.5. The van der Waals surface area contributed by atoms with Crippen LogP contribution in [0.4, 0.5) is 5.00 Å². The minimum Gasteiger partial charge on any atom is -0.390 e. The number of aldehydes is 1. The van der Waals surface area contributed by atoms with Crippen LogP contribution in [0.3, 0.4) is 0 Å². The second kappa shape index (κ2) is 3.71. The number of nitrogen functional groups attached to an aromatic ring is 1. The van der Waals surface area contributed by atoms with Crippen LogP contribution in [-0.4, -0.2) is 24.8 Å². The van der Waals surface area contributed by atoms with Crippen molar-refractivity contribution in [2.45, 2.75) is 19.4 Å². The minimum absolute atomic E-state index is 0.474. The summed E-state index contributed by atoms with van der Waals surface area (Å²) < 4.78 is 0. The van der Waals surface area contributed by atoms with Crippen molar-refractivity contribution < 1.29 is 4.79 Å². The lowest BCUT2D eigenvalue weighted by atomic mass is 10.0. The lowest BCUT2D eigenvalue weighted by Gasteiger charge is -2.22. The number of hydrogen-bond acceptors (Lipinski definition) is 4. The highest BCUT2D eigenvalue weighted by Gasteiger charge is 2.20. The molecule has 14 heavy (non-hydrogen) atoms.